The Labute approximate surface area is 124 Å². The molecule has 0 saturated heterocycles. The van der Waals surface area contributed by atoms with Crippen molar-refractivity contribution < 1.29 is 14.6 Å². The topological polar surface area (TPSA) is 50.7 Å². The second-order valence-corrected chi connectivity index (χ2v) is 6.64. The zero-order valence-corrected chi connectivity index (χ0v) is 13.7. The Kier molecular flexibility index (Phi) is 8.03. The number of aliphatic hydroxyl groups excluding tert-OH is 1. The molecule has 0 radical (unpaired) electrons. The molecule has 1 aliphatic carbocycles. The lowest BCUT2D eigenvalue weighted by Crippen LogP contribution is -2.49. The molecule has 0 aromatic carbocycles. The maximum Gasteiger partial charge on any atom is 0.0610 e. The second-order valence-electron chi connectivity index (χ2n) is 6.64. The van der Waals surface area contributed by atoms with Crippen molar-refractivity contribution in [1.82, 2.24) is 5.32 Å². The first-order valence-corrected chi connectivity index (χ1v) is 8.02. The zero-order valence-electron chi connectivity index (χ0n) is 13.7. The fourth-order valence-electron chi connectivity index (χ4n) is 3.07. The van der Waals surface area contributed by atoms with Crippen LogP contribution in [0, 0.1) is 0 Å². The van der Waals surface area contributed by atoms with Crippen LogP contribution in [0.2, 0.25) is 0 Å². The molecule has 3 atom stereocenters. The van der Waals surface area contributed by atoms with Gasteiger partial charge in [-0.2, -0.15) is 0 Å². The van der Waals surface area contributed by atoms with E-state index in [2.05, 4.69) is 26.1 Å². The standard InChI is InChI=1S/C16H33NO3/c1-13(2)17-16(3,12-18)9-6-10-20-15-8-5-7-14(11-15)19-4/h13-15,17-18H,5-12H2,1-4H3. The summed E-state index contributed by atoms with van der Waals surface area (Å²) in [6, 6.07) is 0.383. The number of hydrogen-bond acceptors (Lipinski definition) is 4. The Morgan fingerprint density at radius 2 is 2.00 bits per heavy atom. The molecule has 20 heavy (non-hydrogen) atoms. The lowest BCUT2D eigenvalue weighted by Gasteiger charge is -2.32. The number of aliphatic hydroxyl groups is 1. The number of ether oxygens (including phenoxy) is 2. The van der Waals surface area contributed by atoms with Gasteiger partial charge in [-0.15, -0.1) is 0 Å². The molecule has 1 fully saturated rings. The maximum absolute atomic E-state index is 9.53. The van der Waals surface area contributed by atoms with E-state index in [1.807, 2.05) is 0 Å². The fourth-order valence-corrected chi connectivity index (χ4v) is 3.07. The smallest absolute Gasteiger partial charge is 0.0610 e. The second kappa shape index (κ2) is 8.98. The predicted octanol–water partition coefficient (Wildman–Crippen LogP) is 2.49. The molecule has 4 nitrogen and oxygen atoms in total. The Bertz CT molecular complexity index is 260. The quantitative estimate of drug-likeness (QED) is 0.640. The lowest BCUT2D eigenvalue weighted by molar-refractivity contribution is -0.0319. The van der Waals surface area contributed by atoms with E-state index >= 15 is 0 Å². The Morgan fingerprint density at radius 1 is 1.30 bits per heavy atom. The van der Waals surface area contributed by atoms with Crippen LogP contribution in [0.4, 0.5) is 0 Å². The molecule has 0 amide bonds. The first kappa shape index (κ1) is 17.9. The van der Waals surface area contributed by atoms with Gasteiger partial charge in [0.25, 0.3) is 0 Å². The summed E-state index contributed by atoms with van der Waals surface area (Å²) in [4.78, 5) is 0. The van der Waals surface area contributed by atoms with Crippen LogP contribution in [0.1, 0.15) is 59.3 Å². The van der Waals surface area contributed by atoms with Gasteiger partial charge >= 0.3 is 0 Å². The number of nitrogens with one attached hydrogen (secondary N) is 1. The first-order chi connectivity index (χ1) is 9.49. The summed E-state index contributed by atoms with van der Waals surface area (Å²) < 4.78 is 11.4. The van der Waals surface area contributed by atoms with Crippen molar-refractivity contribution in [2.75, 3.05) is 20.3 Å². The molecule has 0 bridgehead atoms. The van der Waals surface area contributed by atoms with Gasteiger partial charge in [-0.1, -0.05) is 13.8 Å². The first-order valence-electron chi connectivity index (χ1n) is 8.02. The molecule has 0 spiro atoms. The zero-order chi connectivity index (χ0) is 15.0. The van der Waals surface area contributed by atoms with E-state index < -0.39 is 0 Å². The van der Waals surface area contributed by atoms with E-state index in [1.54, 1.807) is 7.11 Å². The van der Waals surface area contributed by atoms with E-state index in [0.29, 0.717) is 18.2 Å². The molecule has 0 aromatic rings. The molecule has 0 aromatic heterocycles. The molecule has 4 heteroatoms. The van der Waals surface area contributed by atoms with Crippen LogP contribution >= 0.6 is 0 Å². The Balaban J connectivity index is 2.20. The van der Waals surface area contributed by atoms with Crippen LogP contribution in [-0.2, 0) is 9.47 Å². The van der Waals surface area contributed by atoms with Crippen LogP contribution in [0.5, 0.6) is 0 Å². The molecule has 1 aliphatic rings. The van der Waals surface area contributed by atoms with E-state index in [-0.39, 0.29) is 12.1 Å². The summed E-state index contributed by atoms with van der Waals surface area (Å²) in [6.07, 6.45) is 7.18. The van der Waals surface area contributed by atoms with Gasteiger partial charge < -0.3 is 19.9 Å². The predicted molar refractivity (Wildman–Crippen MR) is 82.0 cm³/mol. The highest BCUT2D eigenvalue weighted by Crippen LogP contribution is 2.23. The minimum Gasteiger partial charge on any atom is -0.394 e. The third-order valence-electron chi connectivity index (χ3n) is 4.12. The minimum atomic E-state index is -0.195. The van der Waals surface area contributed by atoms with Gasteiger partial charge in [-0.05, 0) is 45.4 Å². The molecule has 3 unspecified atom stereocenters. The Hall–Kier alpha value is -0.160. The molecule has 1 rings (SSSR count). The molecule has 0 heterocycles. The van der Waals surface area contributed by atoms with Gasteiger partial charge in [-0.3, -0.25) is 0 Å². The van der Waals surface area contributed by atoms with Crippen LogP contribution in [0.3, 0.4) is 0 Å². The molecular formula is C16H33NO3. The van der Waals surface area contributed by atoms with Crippen molar-refractivity contribution in [2.45, 2.75) is 83.1 Å². The highest BCUT2D eigenvalue weighted by Gasteiger charge is 2.25. The van der Waals surface area contributed by atoms with Gasteiger partial charge in [0.1, 0.15) is 0 Å². The lowest BCUT2D eigenvalue weighted by atomic mass is 9.94. The highest BCUT2D eigenvalue weighted by molar-refractivity contribution is 4.83. The normalized spacial score (nSPS) is 26.7. The van der Waals surface area contributed by atoms with Gasteiger partial charge in [0, 0.05) is 25.3 Å². The third-order valence-corrected chi connectivity index (χ3v) is 4.12. The van der Waals surface area contributed by atoms with Crippen LogP contribution in [0.25, 0.3) is 0 Å². The van der Waals surface area contributed by atoms with Crippen molar-refractivity contribution in [3.8, 4) is 0 Å². The van der Waals surface area contributed by atoms with Crippen molar-refractivity contribution in [3.05, 3.63) is 0 Å². The summed E-state index contributed by atoms with van der Waals surface area (Å²) in [5.41, 5.74) is -0.195. The summed E-state index contributed by atoms with van der Waals surface area (Å²) in [6.45, 7) is 7.24. The van der Waals surface area contributed by atoms with Crippen molar-refractivity contribution in [1.29, 1.82) is 0 Å². The SMILES string of the molecule is COC1CCCC(OCCCC(C)(CO)NC(C)C)C1. The van der Waals surface area contributed by atoms with E-state index in [1.165, 1.54) is 6.42 Å². The molecule has 1 saturated carbocycles. The Morgan fingerprint density at radius 3 is 2.60 bits per heavy atom. The van der Waals surface area contributed by atoms with Crippen molar-refractivity contribution in [3.63, 3.8) is 0 Å². The monoisotopic (exact) mass is 287 g/mol. The van der Waals surface area contributed by atoms with Crippen molar-refractivity contribution in [2.24, 2.45) is 0 Å². The minimum absolute atomic E-state index is 0.167. The maximum atomic E-state index is 9.53. The van der Waals surface area contributed by atoms with Gasteiger partial charge in [-0.25, -0.2) is 0 Å². The highest BCUT2D eigenvalue weighted by atomic mass is 16.5. The molecular weight excluding hydrogens is 254 g/mol. The van der Waals surface area contributed by atoms with Crippen LogP contribution in [0.15, 0.2) is 0 Å². The van der Waals surface area contributed by atoms with E-state index in [9.17, 15) is 5.11 Å². The van der Waals surface area contributed by atoms with Gasteiger partial charge in [0.2, 0.25) is 0 Å². The summed E-state index contributed by atoms with van der Waals surface area (Å²) in [5.74, 6) is 0. The van der Waals surface area contributed by atoms with Gasteiger partial charge in [0.05, 0.1) is 18.8 Å². The summed E-state index contributed by atoms with van der Waals surface area (Å²) >= 11 is 0. The summed E-state index contributed by atoms with van der Waals surface area (Å²) in [5, 5.41) is 13.0. The van der Waals surface area contributed by atoms with Crippen molar-refractivity contribution >= 4 is 0 Å². The average molecular weight is 287 g/mol. The number of rotatable bonds is 9. The largest absolute Gasteiger partial charge is 0.394 e. The number of hydrogen-bond donors (Lipinski definition) is 2. The molecule has 120 valence electrons. The molecule has 0 aliphatic heterocycles. The van der Waals surface area contributed by atoms with Crippen LogP contribution < -0.4 is 5.32 Å². The van der Waals surface area contributed by atoms with Gasteiger partial charge in [0.15, 0.2) is 0 Å². The van der Waals surface area contributed by atoms with E-state index in [0.717, 1.165) is 38.7 Å². The summed E-state index contributed by atoms with van der Waals surface area (Å²) in [7, 11) is 1.79. The number of methoxy groups -OCH3 is 1. The van der Waals surface area contributed by atoms with Crippen LogP contribution in [-0.4, -0.2) is 49.2 Å². The molecule has 2 N–H and O–H groups in total. The average Bonchev–Trinajstić information content (AvgIpc) is 2.43. The third kappa shape index (κ3) is 6.53. The van der Waals surface area contributed by atoms with E-state index in [4.69, 9.17) is 9.47 Å². The fraction of sp³-hybridized carbons (Fsp3) is 1.00.